The molecule has 2 atom stereocenters. The molecule has 194 valence electrons. The lowest BCUT2D eigenvalue weighted by atomic mass is 10.7. The number of rotatable bonds is 10. The smallest absolute Gasteiger partial charge is 0.413 e. The summed E-state index contributed by atoms with van der Waals surface area (Å²) < 4.78 is 13.6. The van der Waals surface area contributed by atoms with E-state index in [-0.39, 0.29) is 60.9 Å². The van der Waals surface area contributed by atoms with Crippen molar-refractivity contribution in [3.05, 3.63) is 0 Å². The quantitative estimate of drug-likeness (QED) is 0.176. The van der Waals surface area contributed by atoms with E-state index in [1.54, 1.807) is 6.92 Å². The molecule has 0 bridgehead atoms. The van der Waals surface area contributed by atoms with Gasteiger partial charge < -0.3 is 45.5 Å². The second-order valence-corrected chi connectivity index (χ2v) is 6.37. The summed E-state index contributed by atoms with van der Waals surface area (Å²) in [6.07, 6.45) is -1.96. The molecule has 17 heteroatoms. The van der Waals surface area contributed by atoms with E-state index in [1.807, 2.05) is 0 Å². The lowest BCUT2D eigenvalue weighted by molar-refractivity contribution is -0.119. The Labute approximate surface area is 197 Å². The second kappa shape index (κ2) is 25.3. The Morgan fingerprint density at radius 2 is 1.12 bits per heavy atom. The van der Waals surface area contributed by atoms with Gasteiger partial charge in [-0.2, -0.15) is 0 Å². The van der Waals surface area contributed by atoms with Crippen LogP contribution in [0.2, 0.25) is 0 Å². The molecule has 6 N–H and O–H groups in total. The normalized spacial score (nSPS) is 9.09. The lowest BCUT2D eigenvalue weighted by Crippen LogP contribution is -2.35. The molecule has 0 aliphatic carbocycles. The number of hydrogen-bond acceptors (Lipinski definition) is 9. The van der Waals surface area contributed by atoms with E-state index >= 15 is 0 Å². The molecule has 0 heterocycles. The number of carbonyl (C=O) groups is 6. The van der Waals surface area contributed by atoms with E-state index in [0.717, 1.165) is 0 Å². The van der Waals surface area contributed by atoms with Gasteiger partial charge in [-0.3, -0.25) is 14.4 Å². The van der Waals surface area contributed by atoms with Crippen LogP contribution in [0, 0.1) is 0 Å². The highest BCUT2D eigenvalue weighted by Gasteiger charge is 2.05. The largest absolute Gasteiger partial charge is 0.432 e. The van der Waals surface area contributed by atoms with E-state index in [9.17, 15) is 28.8 Å². The van der Waals surface area contributed by atoms with Crippen molar-refractivity contribution in [2.75, 3.05) is 33.1 Å². The zero-order valence-electron chi connectivity index (χ0n) is 17.5. The van der Waals surface area contributed by atoms with Crippen molar-refractivity contribution in [2.24, 2.45) is 0 Å². The van der Waals surface area contributed by atoms with Crippen LogP contribution in [0.15, 0.2) is 0 Å². The van der Waals surface area contributed by atoms with Crippen molar-refractivity contribution in [2.45, 2.75) is 35.6 Å². The fourth-order valence-corrected chi connectivity index (χ4v) is 2.01. The fourth-order valence-electron chi connectivity index (χ4n) is 1.09. The van der Waals surface area contributed by atoms with Crippen LogP contribution in [0.1, 0.15) is 35.6 Å². The molecule has 0 aromatic rings. The van der Waals surface area contributed by atoms with Gasteiger partial charge in [-0.1, -0.05) is 14.9 Å². The summed E-state index contributed by atoms with van der Waals surface area (Å²) in [5.41, 5.74) is 0. The van der Waals surface area contributed by atoms with Crippen LogP contribution >= 0.6 is 17.8 Å². The van der Waals surface area contributed by atoms with Crippen molar-refractivity contribution in [3.63, 3.8) is 0 Å². The number of hydrogen-bond donors (Lipinski definition) is 6. The van der Waals surface area contributed by atoms with Gasteiger partial charge in [-0.05, 0) is 6.92 Å². The molecule has 0 aromatic heterocycles. The van der Waals surface area contributed by atoms with E-state index in [0.29, 0.717) is 6.54 Å². The van der Waals surface area contributed by atoms with Gasteiger partial charge in [-0.25, -0.2) is 14.4 Å². The molecule has 0 spiro atoms. The summed E-state index contributed by atoms with van der Waals surface area (Å²) in [5, 5.41) is 13.9. The fraction of sp³-hybridized carbons (Fsp3) is 0.625. The molecular weight excluding hydrogens is 482 g/mol. The molecule has 0 saturated heterocycles. The Morgan fingerprint density at radius 1 is 0.697 bits per heavy atom. The summed E-state index contributed by atoms with van der Waals surface area (Å²) in [6.45, 7) is 4.77. The van der Waals surface area contributed by atoms with Crippen LogP contribution in [0.5, 0.6) is 0 Å². The highest BCUT2D eigenvalue weighted by atomic mass is 31.1. The van der Waals surface area contributed by atoms with Gasteiger partial charge in [-0.15, -0.1) is 0 Å². The molecule has 0 aliphatic heterocycles. The van der Waals surface area contributed by atoms with Gasteiger partial charge >= 0.3 is 18.3 Å². The molecule has 0 radical (unpaired) electrons. The van der Waals surface area contributed by atoms with Crippen LogP contribution in [0.25, 0.3) is 0 Å². The molecular formula is C16H36N6O9P2. The minimum atomic E-state index is -0.781. The Morgan fingerprint density at radius 3 is 1.52 bits per heavy atom. The summed E-state index contributed by atoms with van der Waals surface area (Å²) in [6, 6.07) is 0. The van der Waals surface area contributed by atoms with Crippen molar-refractivity contribution < 1.29 is 42.3 Å². The van der Waals surface area contributed by atoms with Crippen LogP contribution in [0.3, 0.4) is 0 Å². The molecule has 33 heavy (non-hydrogen) atoms. The number of amides is 6. The van der Waals surface area contributed by atoms with Crippen LogP contribution in [-0.2, 0) is 28.0 Å². The van der Waals surface area contributed by atoms with E-state index in [4.69, 9.17) is 0 Å². The molecule has 0 fully saturated rings. The maximum absolute atomic E-state index is 10.9. The third kappa shape index (κ3) is 31.4. The predicted molar refractivity (Wildman–Crippen MR) is 126 cm³/mol. The van der Waals surface area contributed by atoms with E-state index in [2.05, 4.69) is 45.5 Å². The average Bonchev–Trinajstić information content (AvgIpc) is 2.68. The number of nitrogens with one attached hydrogen (secondary N) is 6. The first-order chi connectivity index (χ1) is 14.6. The molecule has 0 aromatic carbocycles. The minimum Gasteiger partial charge on any atom is -0.432 e. The highest BCUT2D eigenvalue weighted by Crippen LogP contribution is 2.13. The predicted octanol–water partition coefficient (Wildman–Crippen LogP) is 0.479. The Kier molecular flexibility index (Phi) is 28.7. The third-order valence-electron chi connectivity index (χ3n) is 2.41. The first kappa shape index (κ1) is 37.4. The highest BCUT2D eigenvalue weighted by molar-refractivity contribution is 7.34. The Balaban J connectivity index is -0.000000241. The molecule has 0 rings (SSSR count). The summed E-state index contributed by atoms with van der Waals surface area (Å²) in [4.78, 5) is 64.1. The minimum absolute atomic E-state index is 0. The maximum Gasteiger partial charge on any atom is 0.413 e. The summed E-state index contributed by atoms with van der Waals surface area (Å²) in [7, 11) is 0.544. The van der Waals surface area contributed by atoms with Crippen LogP contribution in [-0.4, -0.2) is 69.1 Å². The zero-order valence-corrected chi connectivity index (χ0v) is 19.5. The molecule has 0 aliphatic rings. The third-order valence-corrected chi connectivity index (χ3v) is 3.74. The van der Waals surface area contributed by atoms with Crippen LogP contribution < -0.4 is 31.9 Å². The van der Waals surface area contributed by atoms with Gasteiger partial charge in [0.15, 0.2) is 0 Å². The molecule has 15 nitrogen and oxygen atoms in total. The van der Waals surface area contributed by atoms with Gasteiger partial charge in [0.2, 0.25) is 17.7 Å². The van der Waals surface area contributed by atoms with Crippen LogP contribution in [0.4, 0.5) is 14.4 Å². The second-order valence-electron chi connectivity index (χ2n) is 4.95. The summed E-state index contributed by atoms with van der Waals surface area (Å²) in [5.74, 6) is -0.715. The number of carbonyl (C=O) groups excluding carboxylic acids is 6. The van der Waals surface area contributed by atoms with Crippen molar-refractivity contribution in [1.29, 1.82) is 0 Å². The molecule has 2 unspecified atom stereocenters. The van der Waals surface area contributed by atoms with E-state index < -0.39 is 27.3 Å². The Bertz CT molecular complexity index is 611. The van der Waals surface area contributed by atoms with Gasteiger partial charge in [0.1, 0.15) is 0 Å². The monoisotopic (exact) mass is 518 g/mol. The van der Waals surface area contributed by atoms with Crippen molar-refractivity contribution in [3.8, 4) is 0 Å². The SMILES string of the molecule is C.C.CCNC(=O)OPOC(=O)NCNC(C)=O.CNC(=O)CPOC(=O)NCNC(C)=O. The average molecular weight is 518 g/mol. The molecule has 6 amide bonds. The zero-order chi connectivity index (χ0) is 24.1. The maximum atomic E-state index is 10.9. The van der Waals surface area contributed by atoms with Crippen molar-refractivity contribution >= 4 is 53.8 Å². The standard InChI is InChI=1S/C7H14N3O5P.C7H14N3O4P.2CH4/c1-3-8-6(12)14-16-15-7(13)10-4-9-5(2)11;1-5(11)9-4-10-7(13)14-15-3-6(12)8-2;;/h16H,3-4H2,1-2H3,(H,8,12)(H,9,11)(H,10,13);15H,3-4H2,1-2H3,(H,8,12)(H,9,11)(H,10,13);2*1H4. The topological polar surface area (TPSA) is 202 Å². The lowest BCUT2D eigenvalue weighted by Gasteiger charge is -2.06. The van der Waals surface area contributed by atoms with Gasteiger partial charge in [0.05, 0.1) is 28.3 Å². The first-order valence-corrected chi connectivity index (χ1v) is 10.6. The van der Waals surface area contributed by atoms with Gasteiger partial charge in [0, 0.05) is 27.4 Å². The Hall–Kier alpha value is -2.92. The van der Waals surface area contributed by atoms with Crippen molar-refractivity contribution in [1.82, 2.24) is 31.9 Å². The summed E-state index contributed by atoms with van der Waals surface area (Å²) >= 11 is 0. The first-order valence-electron chi connectivity index (χ1n) is 8.63. The van der Waals surface area contributed by atoms with Gasteiger partial charge in [0.25, 0.3) is 9.03 Å². The van der Waals surface area contributed by atoms with E-state index in [1.165, 1.54) is 20.9 Å². The molecule has 0 saturated carbocycles.